The van der Waals surface area contributed by atoms with E-state index < -0.39 is 11.3 Å². The topological polar surface area (TPSA) is 62.6 Å². The molecule has 0 aromatic heterocycles. The largest absolute Gasteiger partial charge is 0.349 e. The summed E-state index contributed by atoms with van der Waals surface area (Å²) in [6.45, 7) is 4.13. The molecule has 174 valence electrons. The fraction of sp³-hybridized carbons (Fsp3) is 0.481. The molecule has 2 aromatic rings. The molecule has 4 atom stereocenters. The normalized spacial score (nSPS) is 27.0. The van der Waals surface area contributed by atoms with Crippen LogP contribution in [-0.2, 0) is 19.8 Å². The first kappa shape index (κ1) is 23.6. The summed E-state index contributed by atoms with van der Waals surface area (Å²) in [5.41, 5.74) is 0.553. The molecule has 2 aromatic carbocycles. The number of hydrogen-bond donors (Lipinski definition) is 0. The van der Waals surface area contributed by atoms with Crippen molar-refractivity contribution in [2.75, 3.05) is 13.7 Å². The number of rotatable bonds is 5. The van der Waals surface area contributed by atoms with E-state index >= 15 is 0 Å². The third-order valence-corrected chi connectivity index (χ3v) is 7.07. The van der Waals surface area contributed by atoms with Gasteiger partial charge in [0.2, 0.25) is 0 Å². The van der Waals surface area contributed by atoms with Gasteiger partial charge in [-0.1, -0.05) is 42.5 Å². The number of ether oxygens (including phenoxy) is 2. The number of carbonyl (C=O) groups is 1. The van der Waals surface area contributed by atoms with E-state index in [9.17, 15) is 14.4 Å². The quantitative estimate of drug-likeness (QED) is 0.632. The zero-order chi connectivity index (χ0) is 23.6. The first-order chi connectivity index (χ1) is 15.8. The number of likely N-dealkylation sites (N-methyl/N-ethyl adjacent to an activating group) is 1. The Morgan fingerprint density at radius 1 is 1.15 bits per heavy atom. The standard InChI is InChI=1S/C27H31FN2O3/c1-26(2)32-17-24(25(33-26)19-8-5-4-6-9-19)30(3)27(18-29,20-12-14-22(28)15-13-20)21-10-7-11-23(31)16-21/h4-6,8-9,12-15,21,24-25H,7,10-11,16-17H2,1-3H3/t21-,24+,25+,27+/m1/s1. The summed E-state index contributed by atoms with van der Waals surface area (Å²) < 4.78 is 26.3. The Hall–Kier alpha value is -2.59. The van der Waals surface area contributed by atoms with E-state index in [0.717, 1.165) is 18.4 Å². The molecule has 1 saturated carbocycles. The van der Waals surface area contributed by atoms with Gasteiger partial charge in [0.1, 0.15) is 23.2 Å². The lowest BCUT2D eigenvalue weighted by atomic mass is 9.69. The Morgan fingerprint density at radius 2 is 1.85 bits per heavy atom. The van der Waals surface area contributed by atoms with E-state index in [0.29, 0.717) is 25.0 Å². The van der Waals surface area contributed by atoms with E-state index in [1.165, 1.54) is 12.1 Å². The van der Waals surface area contributed by atoms with Crippen LogP contribution in [0.25, 0.3) is 0 Å². The Bertz CT molecular complexity index is 1020. The van der Waals surface area contributed by atoms with Crippen molar-refractivity contribution in [3.8, 4) is 6.07 Å². The molecule has 0 radical (unpaired) electrons. The third-order valence-electron chi connectivity index (χ3n) is 7.07. The van der Waals surface area contributed by atoms with E-state index in [2.05, 4.69) is 6.07 Å². The van der Waals surface area contributed by atoms with E-state index in [1.54, 1.807) is 12.1 Å². The number of ketones is 1. The maximum absolute atomic E-state index is 13.8. The Labute approximate surface area is 195 Å². The maximum atomic E-state index is 13.8. The van der Waals surface area contributed by atoms with Crippen LogP contribution in [0, 0.1) is 23.1 Å². The van der Waals surface area contributed by atoms with Crippen LogP contribution >= 0.6 is 0 Å². The van der Waals surface area contributed by atoms with Crippen LogP contribution in [0.1, 0.15) is 56.8 Å². The van der Waals surface area contributed by atoms with E-state index in [1.807, 2.05) is 56.1 Å². The first-order valence-electron chi connectivity index (χ1n) is 11.6. The summed E-state index contributed by atoms with van der Waals surface area (Å²) in [6, 6.07) is 18.3. The molecule has 1 heterocycles. The molecular weight excluding hydrogens is 419 g/mol. The van der Waals surface area contributed by atoms with Crippen molar-refractivity contribution in [3.63, 3.8) is 0 Å². The molecule has 2 fully saturated rings. The molecule has 0 spiro atoms. The van der Waals surface area contributed by atoms with E-state index in [-0.39, 0.29) is 29.7 Å². The van der Waals surface area contributed by atoms with Gasteiger partial charge in [-0.3, -0.25) is 9.69 Å². The molecule has 0 bridgehead atoms. The maximum Gasteiger partial charge on any atom is 0.163 e. The van der Waals surface area contributed by atoms with Gasteiger partial charge in [0.05, 0.1) is 18.7 Å². The second-order valence-corrected chi connectivity index (χ2v) is 9.56. The van der Waals surface area contributed by atoms with Gasteiger partial charge in [-0.05, 0) is 57.0 Å². The molecule has 33 heavy (non-hydrogen) atoms. The molecule has 1 aliphatic heterocycles. The average Bonchev–Trinajstić information content (AvgIpc) is 2.81. The summed E-state index contributed by atoms with van der Waals surface area (Å²) in [7, 11) is 1.90. The highest BCUT2D eigenvalue weighted by Gasteiger charge is 2.51. The lowest BCUT2D eigenvalue weighted by molar-refractivity contribution is -0.300. The molecule has 5 nitrogen and oxygen atoms in total. The van der Waals surface area contributed by atoms with Crippen molar-refractivity contribution < 1.29 is 18.7 Å². The highest BCUT2D eigenvalue weighted by atomic mass is 19.1. The molecule has 2 aliphatic rings. The molecule has 1 saturated heterocycles. The average molecular weight is 451 g/mol. The fourth-order valence-electron chi connectivity index (χ4n) is 5.35. The number of benzene rings is 2. The van der Waals surface area contributed by atoms with E-state index in [4.69, 9.17) is 9.47 Å². The van der Waals surface area contributed by atoms with Gasteiger partial charge < -0.3 is 9.47 Å². The Kier molecular flexibility index (Phi) is 6.67. The number of Topliss-reactive ketones (excluding diaryl/α,β-unsaturated/α-hetero) is 1. The van der Waals surface area contributed by atoms with Gasteiger partial charge in [0, 0.05) is 18.8 Å². The third kappa shape index (κ3) is 4.59. The van der Waals surface area contributed by atoms with Crippen LogP contribution in [0.5, 0.6) is 0 Å². The van der Waals surface area contributed by atoms with Gasteiger partial charge in [0.25, 0.3) is 0 Å². The Balaban J connectivity index is 1.81. The lowest BCUT2D eigenvalue weighted by Gasteiger charge is -2.51. The van der Waals surface area contributed by atoms with Crippen molar-refractivity contribution in [1.82, 2.24) is 4.90 Å². The second-order valence-electron chi connectivity index (χ2n) is 9.56. The number of nitrogens with zero attached hydrogens (tertiary/aromatic N) is 2. The zero-order valence-electron chi connectivity index (χ0n) is 19.5. The number of hydrogen-bond acceptors (Lipinski definition) is 5. The summed E-state index contributed by atoms with van der Waals surface area (Å²) in [6.07, 6.45) is 2.02. The molecule has 0 N–H and O–H groups in total. The minimum atomic E-state index is -1.13. The Morgan fingerprint density at radius 3 is 2.48 bits per heavy atom. The number of carbonyl (C=O) groups excluding carboxylic acids is 1. The van der Waals surface area contributed by atoms with Crippen LogP contribution in [0.3, 0.4) is 0 Å². The lowest BCUT2D eigenvalue weighted by Crippen LogP contribution is -2.60. The highest BCUT2D eigenvalue weighted by Crippen LogP contribution is 2.46. The van der Waals surface area contributed by atoms with Crippen molar-refractivity contribution in [2.45, 2.75) is 63.0 Å². The van der Waals surface area contributed by atoms with Gasteiger partial charge in [-0.15, -0.1) is 0 Å². The molecule has 1 aliphatic carbocycles. The predicted octanol–water partition coefficient (Wildman–Crippen LogP) is 5.13. The summed E-state index contributed by atoms with van der Waals surface area (Å²) in [5.74, 6) is -1.19. The SMILES string of the molecule is CN([C@H]1COC(C)(C)O[C@H]1c1ccccc1)[C@@](C#N)(c1ccc(F)cc1)[C@@H]1CCCC(=O)C1. The molecule has 6 heteroatoms. The number of halogens is 1. The molecule has 0 unspecified atom stereocenters. The van der Waals surface area contributed by atoms with Crippen LogP contribution in [0.15, 0.2) is 54.6 Å². The monoisotopic (exact) mass is 450 g/mol. The minimum absolute atomic E-state index is 0.165. The second kappa shape index (κ2) is 9.34. The predicted molar refractivity (Wildman–Crippen MR) is 123 cm³/mol. The van der Waals surface area contributed by atoms with Crippen molar-refractivity contribution in [2.24, 2.45) is 5.92 Å². The van der Waals surface area contributed by atoms with Crippen LogP contribution in [0.4, 0.5) is 4.39 Å². The van der Waals surface area contributed by atoms with Crippen molar-refractivity contribution in [3.05, 3.63) is 71.5 Å². The van der Waals surface area contributed by atoms with Crippen LogP contribution < -0.4 is 0 Å². The zero-order valence-corrected chi connectivity index (χ0v) is 19.5. The van der Waals surface area contributed by atoms with Crippen LogP contribution in [0.2, 0.25) is 0 Å². The first-order valence-corrected chi connectivity index (χ1v) is 11.6. The van der Waals surface area contributed by atoms with Crippen LogP contribution in [-0.4, -0.2) is 36.2 Å². The van der Waals surface area contributed by atoms with Gasteiger partial charge in [-0.2, -0.15) is 5.26 Å². The number of nitriles is 1. The van der Waals surface area contributed by atoms with Gasteiger partial charge in [-0.25, -0.2) is 4.39 Å². The van der Waals surface area contributed by atoms with Gasteiger partial charge >= 0.3 is 0 Å². The summed E-state index contributed by atoms with van der Waals surface area (Å²) in [4.78, 5) is 14.5. The minimum Gasteiger partial charge on any atom is -0.349 e. The summed E-state index contributed by atoms with van der Waals surface area (Å²) in [5, 5.41) is 10.7. The molecule has 0 amide bonds. The summed E-state index contributed by atoms with van der Waals surface area (Å²) >= 11 is 0. The molecule has 4 rings (SSSR count). The fourth-order valence-corrected chi connectivity index (χ4v) is 5.35. The van der Waals surface area contributed by atoms with Crippen molar-refractivity contribution in [1.29, 1.82) is 5.26 Å². The smallest absolute Gasteiger partial charge is 0.163 e. The molecular formula is C27H31FN2O3. The van der Waals surface area contributed by atoms with Crippen molar-refractivity contribution >= 4 is 5.78 Å². The highest BCUT2D eigenvalue weighted by molar-refractivity contribution is 5.79. The van der Waals surface area contributed by atoms with Gasteiger partial charge in [0.15, 0.2) is 5.79 Å².